The summed E-state index contributed by atoms with van der Waals surface area (Å²) in [4.78, 5) is 5.71. The van der Waals surface area contributed by atoms with E-state index in [4.69, 9.17) is 5.11 Å². The molecular weight excluding hydrogens is 322 g/mol. The van der Waals surface area contributed by atoms with E-state index in [0.717, 1.165) is 5.69 Å². The van der Waals surface area contributed by atoms with Crippen LogP contribution in [-0.4, -0.2) is 21.4 Å². The van der Waals surface area contributed by atoms with Crippen LogP contribution in [0, 0.1) is 0 Å². The Morgan fingerprint density at radius 3 is 1.91 bits per heavy atom. The number of benzene rings is 2. The fraction of sp³-hybridized carbons (Fsp3) is 0.211. The van der Waals surface area contributed by atoms with E-state index in [1.807, 2.05) is 43.6 Å². The van der Waals surface area contributed by atoms with Gasteiger partial charge in [-0.15, -0.1) is 11.3 Å². The van der Waals surface area contributed by atoms with Gasteiger partial charge in [-0.2, -0.15) is 12.6 Å². The zero-order chi connectivity index (χ0) is 16.7. The van der Waals surface area contributed by atoms with E-state index >= 15 is 0 Å². The van der Waals surface area contributed by atoms with E-state index in [0.29, 0.717) is 0 Å². The van der Waals surface area contributed by atoms with E-state index in [1.165, 1.54) is 16.0 Å². The molecular formula is C19H21NOS2. The average Bonchev–Trinajstić information content (AvgIpc) is 3.06. The second-order valence-corrected chi connectivity index (χ2v) is 7.80. The molecule has 0 unspecified atom stereocenters. The highest BCUT2D eigenvalue weighted by Gasteiger charge is 2.09. The van der Waals surface area contributed by atoms with Crippen LogP contribution >= 0.6 is 24.0 Å². The molecule has 0 aliphatic heterocycles. The molecule has 0 spiro atoms. The smallest absolute Gasteiger partial charge is 0.0890 e. The van der Waals surface area contributed by atoms with E-state index < -0.39 is 0 Å². The van der Waals surface area contributed by atoms with Crippen LogP contribution in [0.2, 0.25) is 0 Å². The molecule has 2 aromatic carbocycles. The second kappa shape index (κ2) is 8.29. The lowest BCUT2D eigenvalue weighted by molar-refractivity contribution is 0.266. The summed E-state index contributed by atoms with van der Waals surface area (Å²) < 4.78 is -0.208. The van der Waals surface area contributed by atoms with Gasteiger partial charge in [-0.05, 0) is 19.4 Å². The fourth-order valence-corrected chi connectivity index (χ4v) is 2.66. The highest BCUT2D eigenvalue weighted by Crippen LogP contribution is 2.34. The predicted molar refractivity (Wildman–Crippen MR) is 103 cm³/mol. The number of aliphatic hydroxyl groups is 1. The molecule has 1 heterocycles. The van der Waals surface area contributed by atoms with Crippen molar-refractivity contribution in [3.63, 3.8) is 0 Å². The minimum absolute atomic E-state index is 0.135. The quantitative estimate of drug-likeness (QED) is 0.644. The van der Waals surface area contributed by atoms with E-state index in [9.17, 15) is 0 Å². The number of aliphatic hydroxyl groups excluding tert-OH is 1. The van der Waals surface area contributed by atoms with Crippen molar-refractivity contribution in [3.8, 4) is 21.7 Å². The molecule has 4 heteroatoms. The van der Waals surface area contributed by atoms with Crippen LogP contribution in [0.5, 0.6) is 0 Å². The van der Waals surface area contributed by atoms with Gasteiger partial charge in [0.15, 0.2) is 0 Å². The minimum Gasteiger partial charge on any atom is -0.395 e. The molecule has 23 heavy (non-hydrogen) atoms. The van der Waals surface area contributed by atoms with Gasteiger partial charge >= 0.3 is 0 Å². The zero-order valence-corrected chi connectivity index (χ0v) is 15.0. The Morgan fingerprint density at radius 1 is 0.957 bits per heavy atom. The van der Waals surface area contributed by atoms with E-state index in [-0.39, 0.29) is 11.4 Å². The molecule has 2 nitrogen and oxygen atoms in total. The lowest BCUT2D eigenvalue weighted by atomic mass is 10.1. The molecule has 120 valence electrons. The van der Waals surface area contributed by atoms with Crippen LogP contribution in [0.3, 0.4) is 0 Å². The molecule has 3 aromatic rings. The van der Waals surface area contributed by atoms with Crippen LogP contribution in [0.25, 0.3) is 21.7 Å². The Balaban J connectivity index is 0.000000277. The molecule has 0 bridgehead atoms. The summed E-state index contributed by atoms with van der Waals surface area (Å²) in [5, 5.41) is 8.33. The minimum atomic E-state index is -0.208. The Kier molecular flexibility index (Phi) is 6.39. The SMILES string of the molecule is CC(C)(S)CO.c1ccc(-c2ncsc2-c2ccccc2)cc1. The Labute approximate surface area is 147 Å². The molecule has 0 amide bonds. The molecule has 0 aliphatic rings. The van der Waals surface area contributed by atoms with Gasteiger partial charge in [-0.1, -0.05) is 60.7 Å². The lowest BCUT2D eigenvalue weighted by Gasteiger charge is -2.10. The van der Waals surface area contributed by atoms with Gasteiger partial charge in [-0.3, -0.25) is 0 Å². The summed E-state index contributed by atoms with van der Waals surface area (Å²) in [6.07, 6.45) is 0. The predicted octanol–water partition coefficient (Wildman–Crippen LogP) is 5.16. The van der Waals surface area contributed by atoms with Gasteiger partial charge in [0.2, 0.25) is 0 Å². The number of rotatable bonds is 3. The average molecular weight is 344 g/mol. The fourth-order valence-electron chi connectivity index (χ4n) is 1.84. The molecule has 0 saturated carbocycles. The van der Waals surface area contributed by atoms with Gasteiger partial charge in [0.25, 0.3) is 0 Å². The van der Waals surface area contributed by atoms with E-state index in [2.05, 4.69) is 54.0 Å². The van der Waals surface area contributed by atoms with Crippen molar-refractivity contribution < 1.29 is 5.11 Å². The van der Waals surface area contributed by atoms with Crippen molar-refractivity contribution in [3.05, 3.63) is 66.2 Å². The summed E-state index contributed by atoms with van der Waals surface area (Å²) in [6, 6.07) is 20.7. The first-order chi connectivity index (χ1) is 11.0. The molecule has 0 saturated heterocycles. The Bertz CT molecular complexity index is 649. The zero-order valence-electron chi connectivity index (χ0n) is 13.3. The normalized spacial score (nSPS) is 10.8. The highest BCUT2D eigenvalue weighted by atomic mass is 32.1. The molecule has 0 aliphatic carbocycles. The summed E-state index contributed by atoms with van der Waals surface area (Å²) in [6.45, 7) is 3.85. The van der Waals surface area contributed by atoms with Crippen LogP contribution in [-0.2, 0) is 0 Å². The highest BCUT2D eigenvalue weighted by molar-refractivity contribution is 7.81. The first-order valence-corrected chi connectivity index (χ1v) is 8.71. The second-order valence-electron chi connectivity index (χ2n) is 5.73. The maximum atomic E-state index is 8.33. The molecule has 0 radical (unpaired) electrons. The number of hydrogen-bond donors (Lipinski definition) is 2. The maximum absolute atomic E-state index is 8.33. The Morgan fingerprint density at radius 2 is 1.43 bits per heavy atom. The number of hydrogen-bond acceptors (Lipinski definition) is 4. The van der Waals surface area contributed by atoms with Crippen molar-refractivity contribution in [2.24, 2.45) is 0 Å². The van der Waals surface area contributed by atoms with Crippen molar-refractivity contribution in [1.29, 1.82) is 0 Å². The first kappa shape index (κ1) is 17.7. The van der Waals surface area contributed by atoms with Gasteiger partial charge in [0.05, 0.1) is 22.7 Å². The topological polar surface area (TPSA) is 33.1 Å². The third-order valence-corrected chi connectivity index (χ3v) is 4.05. The number of nitrogens with zero attached hydrogens (tertiary/aromatic N) is 1. The number of thiazole rings is 1. The van der Waals surface area contributed by atoms with Crippen molar-refractivity contribution >= 4 is 24.0 Å². The van der Waals surface area contributed by atoms with Gasteiger partial charge in [-0.25, -0.2) is 4.98 Å². The largest absolute Gasteiger partial charge is 0.395 e. The Hall–Kier alpha value is -1.62. The third-order valence-electron chi connectivity index (χ3n) is 3.04. The first-order valence-electron chi connectivity index (χ1n) is 7.39. The van der Waals surface area contributed by atoms with E-state index in [1.54, 1.807) is 11.3 Å². The van der Waals surface area contributed by atoms with Gasteiger partial charge in [0, 0.05) is 10.3 Å². The van der Waals surface area contributed by atoms with Crippen molar-refractivity contribution in [2.45, 2.75) is 18.6 Å². The standard InChI is InChI=1S/C15H11NS.C4H10OS/c1-3-7-12(8-4-1)14-15(17-11-16-14)13-9-5-2-6-10-13;1-4(2,6)3-5/h1-11H;5-6H,3H2,1-2H3. The van der Waals surface area contributed by atoms with Gasteiger partial charge < -0.3 is 5.11 Å². The van der Waals surface area contributed by atoms with Crippen LogP contribution < -0.4 is 0 Å². The van der Waals surface area contributed by atoms with Crippen molar-refractivity contribution in [2.75, 3.05) is 6.61 Å². The maximum Gasteiger partial charge on any atom is 0.0890 e. The van der Waals surface area contributed by atoms with Crippen LogP contribution in [0.1, 0.15) is 13.8 Å². The summed E-state index contributed by atoms with van der Waals surface area (Å²) in [5.74, 6) is 0. The van der Waals surface area contributed by atoms with Gasteiger partial charge in [0.1, 0.15) is 0 Å². The molecule has 1 N–H and O–H groups in total. The number of aromatic nitrogens is 1. The number of thiol groups is 1. The summed E-state index contributed by atoms with van der Waals surface area (Å²) in [7, 11) is 0. The van der Waals surface area contributed by atoms with Crippen molar-refractivity contribution in [1.82, 2.24) is 4.98 Å². The third kappa shape index (κ3) is 5.50. The summed E-state index contributed by atoms with van der Waals surface area (Å²) >= 11 is 5.69. The van der Waals surface area contributed by atoms with Crippen LogP contribution in [0.4, 0.5) is 0 Å². The van der Waals surface area contributed by atoms with Crippen LogP contribution in [0.15, 0.2) is 66.2 Å². The molecule has 0 fully saturated rings. The summed E-state index contributed by atoms with van der Waals surface area (Å²) in [5.41, 5.74) is 5.38. The monoisotopic (exact) mass is 343 g/mol. The molecule has 0 atom stereocenters. The lowest BCUT2D eigenvalue weighted by Crippen LogP contribution is -2.15. The molecule has 3 rings (SSSR count). The molecule has 1 aromatic heterocycles.